The second kappa shape index (κ2) is 10.3. The third kappa shape index (κ3) is 5.38. The predicted molar refractivity (Wildman–Crippen MR) is 103 cm³/mol. The maximum Gasteiger partial charge on any atom is 0.373 e. The zero-order valence-corrected chi connectivity index (χ0v) is 15.7. The lowest BCUT2D eigenvalue weighted by atomic mass is 10.0. The summed E-state index contributed by atoms with van der Waals surface area (Å²) in [5.41, 5.74) is 2.88. The van der Waals surface area contributed by atoms with Crippen LogP contribution in [0.4, 0.5) is 0 Å². The molecule has 0 radical (unpaired) electrons. The Morgan fingerprint density at radius 3 is 2.08 bits per heavy atom. The molecule has 0 amide bonds. The van der Waals surface area contributed by atoms with Crippen molar-refractivity contribution in [1.29, 1.82) is 0 Å². The normalized spacial score (nSPS) is 11.5. The molecule has 0 spiro atoms. The molecular formula is C22H26O4. The number of benzene rings is 2. The van der Waals surface area contributed by atoms with Gasteiger partial charge in [-0.25, -0.2) is 4.79 Å². The van der Waals surface area contributed by atoms with Gasteiger partial charge in [-0.3, -0.25) is 0 Å². The summed E-state index contributed by atoms with van der Waals surface area (Å²) >= 11 is 0. The maximum absolute atomic E-state index is 12.2. The first kappa shape index (κ1) is 19.6. The van der Waals surface area contributed by atoms with E-state index in [1.807, 2.05) is 68.4 Å². The Hall–Kier alpha value is -2.75. The molecular weight excluding hydrogens is 328 g/mol. The lowest BCUT2D eigenvalue weighted by Crippen LogP contribution is -2.13. The zero-order valence-electron chi connectivity index (χ0n) is 15.7. The molecule has 4 heteroatoms. The van der Waals surface area contributed by atoms with Crippen LogP contribution in [0, 0.1) is 0 Å². The van der Waals surface area contributed by atoms with Crippen molar-refractivity contribution in [2.75, 3.05) is 13.2 Å². The first-order valence-electron chi connectivity index (χ1n) is 8.99. The molecule has 0 aliphatic carbocycles. The summed E-state index contributed by atoms with van der Waals surface area (Å²) in [6.07, 6.45) is 0.665. The number of carbonyl (C=O) groups is 1. The Morgan fingerprint density at radius 2 is 1.50 bits per heavy atom. The SMILES string of the molecule is CCOC(=O)C(OCC)=C(CC)c1ccc(OCc2ccccc2)cc1. The van der Waals surface area contributed by atoms with Gasteiger partial charge in [-0.2, -0.15) is 0 Å². The lowest BCUT2D eigenvalue weighted by Gasteiger charge is -2.14. The van der Waals surface area contributed by atoms with E-state index in [0.29, 0.717) is 26.2 Å². The van der Waals surface area contributed by atoms with Crippen LogP contribution in [-0.4, -0.2) is 19.2 Å². The quantitative estimate of drug-likeness (QED) is 0.362. The molecule has 0 saturated heterocycles. The molecule has 138 valence electrons. The standard InChI is InChI=1S/C22H26O4/c1-4-20(21(24-5-2)22(23)25-6-3)18-12-14-19(15-13-18)26-16-17-10-8-7-9-11-17/h7-15H,4-6,16H2,1-3H3. The van der Waals surface area contributed by atoms with Crippen molar-refractivity contribution in [3.05, 3.63) is 71.5 Å². The van der Waals surface area contributed by atoms with Gasteiger partial charge < -0.3 is 14.2 Å². The first-order chi connectivity index (χ1) is 12.7. The van der Waals surface area contributed by atoms with Crippen LogP contribution in [0.1, 0.15) is 38.3 Å². The molecule has 0 saturated carbocycles. The minimum absolute atomic E-state index is 0.287. The van der Waals surface area contributed by atoms with Gasteiger partial charge in [0.2, 0.25) is 5.76 Å². The van der Waals surface area contributed by atoms with Crippen LogP contribution >= 0.6 is 0 Å². The second-order valence-electron chi connectivity index (χ2n) is 5.61. The summed E-state index contributed by atoms with van der Waals surface area (Å²) in [6, 6.07) is 17.7. The summed E-state index contributed by atoms with van der Waals surface area (Å²) in [7, 11) is 0. The van der Waals surface area contributed by atoms with Crippen LogP contribution in [0.15, 0.2) is 60.4 Å². The van der Waals surface area contributed by atoms with Crippen molar-refractivity contribution in [1.82, 2.24) is 0 Å². The van der Waals surface area contributed by atoms with Gasteiger partial charge in [0.15, 0.2) is 0 Å². The Balaban J connectivity index is 2.17. The molecule has 0 aliphatic rings. The van der Waals surface area contributed by atoms with Gasteiger partial charge in [-0.05, 0) is 43.5 Å². The second-order valence-corrected chi connectivity index (χ2v) is 5.61. The molecule has 0 atom stereocenters. The molecule has 0 N–H and O–H groups in total. The molecule has 0 unspecified atom stereocenters. The number of ether oxygens (including phenoxy) is 3. The van der Waals surface area contributed by atoms with Crippen LogP contribution in [0.3, 0.4) is 0 Å². The minimum Gasteiger partial charge on any atom is -0.489 e. The first-order valence-corrected chi connectivity index (χ1v) is 8.99. The third-order valence-corrected chi connectivity index (χ3v) is 3.83. The Labute approximate surface area is 155 Å². The van der Waals surface area contributed by atoms with E-state index in [4.69, 9.17) is 14.2 Å². The van der Waals surface area contributed by atoms with E-state index in [0.717, 1.165) is 22.4 Å². The van der Waals surface area contributed by atoms with E-state index in [9.17, 15) is 4.79 Å². The van der Waals surface area contributed by atoms with E-state index >= 15 is 0 Å². The summed E-state index contributed by atoms with van der Waals surface area (Å²) in [6.45, 7) is 6.88. The van der Waals surface area contributed by atoms with Crippen LogP contribution < -0.4 is 4.74 Å². The van der Waals surface area contributed by atoms with Gasteiger partial charge in [0.05, 0.1) is 13.2 Å². The fraction of sp³-hybridized carbons (Fsp3) is 0.318. The highest BCUT2D eigenvalue weighted by Crippen LogP contribution is 2.26. The highest BCUT2D eigenvalue weighted by Gasteiger charge is 2.18. The summed E-state index contributed by atoms with van der Waals surface area (Å²) in [4.78, 5) is 12.2. The third-order valence-electron chi connectivity index (χ3n) is 3.83. The summed E-state index contributed by atoms with van der Waals surface area (Å²) < 4.78 is 16.5. The van der Waals surface area contributed by atoms with E-state index in [2.05, 4.69) is 0 Å². The van der Waals surface area contributed by atoms with E-state index in [1.165, 1.54) is 0 Å². The molecule has 2 aromatic carbocycles. The fourth-order valence-electron chi connectivity index (χ4n) is 2.60. The number of allylic oxidation sites excluding steroid dienone is 1. The monoisotopic (exact) mass is 354 g/mol. The van der Waals surface area contributed by atoms with Crippen molar-refractivity contribution in [3.63, 3.8) is 0 Å². The van der Waals surface area contributed by atoms with Gasteiger partial charge >= 0.3 is 5.97 Å². The molecule has 4 nitrogen and oxygen atoms in total. The Kier molecular flexibility index (Phi) is 7.75. The lowest BCUT2D eigenvalue weighted by molar-refractivity contribution is -0.142. The molecule has 0 fully saturated rings. The van der Waals surface area contributed by atoms with Crippen LogP contribution in [-0.2, 0) is 20.9 Å². The molecule has 0 heterocycles. The van der Waals surface area contributed by atoms with Crippen LogP contribution in [0.2, 0.25) is 0 Å². The number of esters is 1. The molecule has 0 aliphatic heterocycles. The number of rotatable bonds is 9. The number of hydrogen-bond donors (Lipinski definition) is 0. The van der Waals surface area contributed by atoms with E-state index in [-0.39, 0.29) is 5.76 Å². The molecule has 2 aromatic rings. The number of carbonyl (C=O) groups excluding carboxylic acids is 1. The van der Waals surface area contributed by atoms with Crippen LogP contribution in [0.5, 0.6) is 5.75 Å². The molecule has 26 heavy (non-hydrogen) atoms. The van der Waals surface area contributed by atoms with Crippen LogP contribution in [0.25, 0.3) is 5.57 Å². The maximum atomic E-state index is 12.2. The van der Waals surface area contributed by atoms with Crippen molar-refractivity contribution in [2.45, 2.75) is 33.8 Å². The number of hydrogen-bond acceptors (Lipinski definition) is 4. The van der Waals surface area contributed by atoms with Gasteiger partial charge in [-0.1, -0.05) is 49.4 Å². The Morgan fingerprint density at radius 1 is 0.846 bits per heavy atom. The molecule has 2 rings (SSSR count). The highest BCUT2D eigenvalue weighted by atomic mass is 16.6. The zero-order chi connectivity index (χ0) is 18.8. The average Bonchev–Trinajstić information content (AvgIpc) is 2.68. The minimum atomic E-state index is -0.421. The van der Waals surface area contributed by atoms with Crippen molar-refractivity contribution in [2.24, 2.45) is 0 Å². The largest absolute Gasteiger partial charge is 0.489 e. The van der Waals surface area contributed by atoms with Gasteiger partial charge in [0, 0.05) is 5.57 Å². The molecule has 0 aromatic heterocycles. The molecule has 0 bridgehead atoms. The predicted octanol–water partition coefficient (Wildman–Crippen LogP) is 4.99. The van der Waals surface area contributed by atoms with Crippen molar-refractivity contribution in [3.8, 4) is 5.75 Å². The average molecular weight is 354 g/mol. The van der Waals surface area contributed by atoms with Gasteiger partial charge in [0.25, 0.3) is 0 Å². The fourth-order valence-corrected chi connectivity index (χ4v) is 2.60. The van der Waals surface area contributed by atoms with E-state index < -0.39 is 5.97 Å². The smallest absolute Gasteiger partial charge is 0.373 e. The van der Waals surface area contributed by atoms with Crippen molar-refractivity contribution >= 4 is 11.5 Å². The van der Waals surface area contributed by atoms with Crippen molar-refractivity contribution < 1.29 is 19.0 Å². The van der Waals surface area contributed by atoms with E-state index in [1.54, 1.807) is 6.92 Å². The highest BCUT2D eigenvalue weighted by molar-refractivity contribution is 5.95. The van der Waals surface area contributed by atoms with Gasteiger partial charge in [0.1, 0.15) is 12.4 Å². The van der Waals surface area contributed by atoms with Gasteiger partial charge in [-0.15, -0.1) is 0 Å². The summed E-state index contributed by atoms with van der Waals surface area (Å²) in [5.74, 6) is 0.646. The Bertz CT molecular complexity index is 718. The topological polar surface area (TPSA) is 44.8 Å². The summed E-state index contributed by atoms with van der Waals surface area (Å²) in [5, 5.41) is 0.